The first kappa shape index (κ1) is 16.3. The van der Waals surface area contributed by atoms with Crippen molar-refractivity contribution in [3.63, 3.8) is 0 Å². The van der Waals surface area contributed by atoms with Crippen LogP contribution in [0, 0.1) is 6.92 Å². The number of hydrogen-bond acceptors (Lipinski definition) is 3. The Kier molecular flexibility index (Phi) is 4.99. The van der Waals surface area contributed by atoms with Crippen LogP contribution in [-0.4, -0.2) is 36.1 Å². The van der Waals surface area contributed by atoms with Crippen molar-refractivity contribution in [1.82, 2.24) is 9.88 Å². The molecule has 0 bridgehead atoms. The number of pyridine rings is 1. The van der Waals surface area contributed by atoms with E-state index < -0.39 is 0 Å². The van der Waals surface area contributed by atoms with Crippen molar-refractivity contribution in [2.75, 3.05) is 25.5 Å². The lowest BCUT2D eigenvalue weighted by molar-refractivity contribution is 0.210. The van der Waals surface area contributed by atoms with Crippen LogP contribution in [0.1, 0.15) is 23.2 Å². The summed E-state index contributed by atoms with van der Waals surface area (Å²) >= 11 is 0. The van der Waals surface area contributed by atoms with E-state index in [1.807, 2.05) is 17.9 Å². The summed E-state index contributed by atoms with van der Waals surface area (Å²) < 4.78 is 5.10. The number of fused-ring (bicyclic) bond motifs is 1. The van der Waals surface area contributed by atoms with E-state index in [0.717, 1.165) is 43.7 Å². The molecule has 2 aromatic rings. The number of carbonyl (C=O) groups is 1. The number of aromatic nitrogens is 1. The lowest BCUT2D eigenvalue weighted by Crippen LogP contribution is -2.38. The SMILES string of the molecule is COc1ccc(NC(=O)N2CCCc3ccccc3CC2)c(C)n1. The van der Waals surface area contributed by atoms with E-state index in [1.54, 1.807) is 13.2 Å². The van der Waals surface area contributed by atoms with Crippen LogP contribution < -0.4 is 10.1 Å². The maximum Gasteiger partial charge on any atom is 0.321 e. The fraction of sp³-hybridized carbons (Fsp3) is 0.368. The largest absolute Gasteiger partial charge is 0.481 e. The molecular formula is C19H23N3O2. The summed E-state index contributed by atoms with van der Waals surface area (Å²) in [5.41, 5.74) is 4.23. The third kappa shape index (κ3) is 3.67. The Balaban J connectivity index is 1.67. The standard InChI is InChI=1S/C19H23N3O2/c1-14-17(9-10-18(20-14)24-2)21-19(23)22-12-5-8-15-6-3-4-7-16(15)11-13-22/h3-4,6-7,9-10H,5,8,11-13H2,1-2H3,(H,21,23). The molecule has 0 fully saturated rings. The molecule has 24 heavy (non-hydrogen) atoms. The van der Waals surface area contributed by atoms with Gasteiger partial charge in [-0.1, -0.05) is 24.3 Å². The molecule has 1 N–H and O–H groups in total. The molecule has 1 aliphatic heterocycles. The van der Waals surface area contributed by atoms with Gasteiger partial charge >= 0.3 is 6.03 Å². The van der Waals surface area contributed by atoms with Crippen molar-refractivity contribution in [3.05, 3.63) is 53.2 Å². The number of nitrogens with one attached hydrogen (secondary N) is 1. The topological polar surface area (TPSA) is 54.5 Å². The second kappa shape index (κ2) is 7.34. The molecular weight excluding hydrogens is 302 g/mol. The highest BCUT2D eigenvalue weighted by Gasteiger charge is 2.17. The van der Waals surface area contributed by atoms with Crippen LogP contribution in [0.3, 0.4) is 0 Å². The molecule has 126 valence electrons. The number of aryl methyl sites for hydroxylation is 2. The number of rotatable bonds is 2. The van der Waals surface area contributed by atoms with E-state index in [9.17, 15) is 4.79 Å². The number of nitrogens with zero attached hydrogens (tertiary/aromatic N) is 2. The average Bonchev–Trinajstić information content (AvgIpc) is 2.57. The molecule has 3 rings (SSSR count). The summed E-state index contributed by atoms with van der Waals surface area (Å²) in [5, 5.41) is 2.97. The number of carbonyl (C=O) groups excluding carboxylic acids is 1. The minimum atomic E-state index is -0.0653. The summed E-state index contributed by atoms with van der Waals surface area (Å²) in [5.74, 6) is 0.549. The van der Waals surface area contributed by atoms with E-state index in [4.69, 9.17) is 4.74 Å². The Morgan fingerprint density at radius 1 is 1.12 bits per heavy atom. The molecule has 0 atom stereocenters. The lowest BCUT2D eigenvalue weighted by Gasteiger charge is -2.26. The van der Waals surface area contributed by atoms with E-state index >= 15 is 0 Å². The van der Waals surface area contributed by atoms with Crippen molar-refractivity contribution >= 4 is 11.7 Å². The molecule has 5 nitrogen and oxygen atoms in total. The Labute approximate surface area is 142 Å². The number of ether oxygens (including phenoxy) is 1. The zero-order valence-corrected chi connectivity index (χ0v) is 14.2. The smallest absolute Gasteiger partial charge is 0.321 e. The predicted octanol–water partition coefficient (Wildman–Crippen LogP) is 3.42. The van der Waals surface area contributed by atoms with Gasteiger partial charge in [-0.2, -0.15) is 0 Å². The van der Waals surface area contributed by atoms with Gasteiger partial charge in [0.25, 0.3) is 0 Å². The van der Waals surface area contributed by atoms with Crippen LogP contribution in [0.15, 0.2) is 36.4 Å². The molecule has 2 amide bonds. The van der Waals surface area contributed by atoms with Gasteiger partial charge in [-0.15, -0.1) is 0 Å². The van der Waals surface area contributed by atoms with Crippen LogP contribution in [0.5, 0.6) is 5.88 Å². The summed E-state index contributed by atoms with van der Waals surface area (Å²) in [6, 6.07) is 12.0. The minimum absolute atomic E-state index is 0.0653. The maximum atomic E-state index is 12.6. The Bertz CT molecular complexity index is 730. The quantitative estimate of drug-likeness (QED) is 0.920. The van der Waals surface area contributed by atoms with Gasteiger partial charge in [0.1, 0.15) is 0 Å². The summed E-state index contributed by atoms with van der Waals surface area (Å²) in [7, 11) is 1.58. The second-order valence-electron chi connectivity index (χ2n) is 6.03. The van der Waals surface area contributed by atoms with Gasteiger partial charge in [0.05, 0.1) is 18.5 Å². The molecule has 1 aromatic carbocycles. The highest BCUT2D eigenvalue weighted by molar-refractivity contribution is 5.89. The highest BCUT2D eigenvalue weighted by atomic mass is 16.5. The number of urea groups is 1. The number of methoxy groups -OCH3 is 1. The van der Waals surface area contributed by atoms with Gasteiger partial charge in [-0.05, 0) is 43.4 Å². The molecule has 0 radical (unpaired) electrons. The number of anilines is 1. The number of benzene rings is 1. The zero-order valence-electron chi connectivity index (χ0n) is 14.2. The van der Waals surface area contributed by atoms with Crippen molar-refractivity contribution in [1.29, 1.82) is 0 Å². The second-order valence-corrected chi connectivity index (χ2v) is 6.03. The van der Waals surface area contributed by atoms with Gasteiger partial charge in [-0.3, -0.25) is 0 Å². The highest BCUT2D eigenvalue weighted by Crippen LogP contribution is 2.19. The van der Waals surface area contributed by atoms with Gasteiger partial charge in [0.2, 0.25) is 5.88 Å². The van der Waals surface area contributed by atoms with Crippen molar-refractivity contribution in [3.8, 4) is 5.88 Å². The number of hydrogen-bond donors (Lipinski definition) is 1. The van der Waals surface area contributed by atoms with Gasteiger partial charge in [-0.25, -0.2) is 9.78 Å². The van der Waals surface area contributed by atoms with E-state index in [1.165, 1.54) is 11.1 Å². The molecule has 0 spiro atoms. The first-order chi connectivity index (χ1) is 11.7. The first-order valence-electron chi connectivity index (χ1n) is 8.31. The molecule has 0 saturated carbocycles. The third-order valence-electron chi connectivity index (χ3n) is 4.44. The Hall–Kier alpha value is -2.56. The van der Waals surface area contributed by atoms with Crippen LogP contribution in [0.2, 0.25) is 0 Å². The van der Waals surface area contributed by atoms with Crippen LogP contribution >= 0.6 is 0 Å². The molecule has 2 heterocycles. The fourth-order valence-electron chi connectivity index (χ4n) is 3.05. The van der Waals surface area contributed by atoms with Gasteiger partial charge in [0.15, 0.2) is 0 Å². The van der Waals surface area contributed by atoms with Crippen molar-refractivity contribution in [2.24, 2.45) is 0 Å². The molecule has 0 saturated heterocycles. The summed E-state index contributed by atoms with van der Waals surface area (Å²) in [4.78, 5) is 18.8. The van der Waals surface area contributed by atoms with E-state index in [2.05, 4.69) is 34.6 Å². The Morgan fingerprint density at radius 2 is 1.88 bits per heavy atom. The van der Waals surface area contributed by atoms with Crippen molar-refractivity contribution in [2.45, 2.75) is 26.2 Å². The monoisotopic (exact) mass is 325 g/mol. The molecule has 1 aromatic heterocycles. The Morgan fingerprint density at radius 3 is 2.58 bits per heavy atom. The van der Waals surface area contributed by atoms with Gasteiger partial charge < -0.3 is 15.0 Å². The lowest BCUT2D eigenvalue weighted by atomic mass is 9.98. The third-order valence-corrected chi connectivity index (χ3v) is 4.44. The summed E-state index contributed by atoms with van der Waals surface area (Å²) in [6.07, 6.45) is 2.89. The maximum absolute atomic E-state index is 12.6. The van der Waals surface area contributed by atoms with Crippen LogP contribution in [0.25, 0.3) is 0 Å². The molecule has 0 aliphatic carbocycles. The van der Waals surface area contributed by atoms with Crippen LogP contribution in [0.4, 0.5) is 10.5 Å². The normalized spacial score (nSPS) is 14.3. The zero-order chi connectivity index (χ0) is 16.9. The molecule has 1 aliphatic rings. The molecule has 5 heteroatoms. The first-order valence-corrected chi connectivity index (χ1v) is 8.31. The minimum Gasteiger partial charge on any atom is -0.481 e. The van der Waals surface area contributed by atoms with Crippen LogP contribution in [-0.2, 0) is 12.8 Å². The summed E-state index contributed by atoms with van der Waals surface area (Å²) in [6.45, 7) is 3.36. The van der Waals surface area contributed by atoms with E-state index in [-0.39, 0.29) is 6.03 Å². The molecule has 0 unspecified atom stereocenters. The van der Waals surface area contributed by atoms with Crippen molar-refractivity contribution < 1.29 is 9.53 Å². The fourth-order valence-corrected chi connectivity index (χ4v) is 3.05. The predicted molar refractivity (Wildman–Crippen MR) is 94.6 cm³/mol. The van der Waals surface area contributed by atoms with Gasteiger partial charge in [0, 0.05) is 19.2 Å². The van der Waals surface area contributed by atoms with E-state index in [0.29, 0.717) is 5.88 Å². The average molecular weight is 325 g/mol. The number of amides is 2.